The van der Waals surface area contributed by atoms with Crippen LogP contribution in [0.5, 0.6) is 0 Å². The van der Waals surface area contributed by atoms with Crippen LogP contribution in [0.4, 0.5) is 0 Å². The lowest BCUT2D eigenvalue weighted by Crippen LogP contribution is -2.54. The van der Waals surface area contributed by atoms with E-state index in [0.29, 0.717) is 0 Å². The van der Waals surface area contributed by atoms with Crippen LogP contribution in [0.2, 0.25) is 0 Å². The zero-order valence-electron chi connectivity index (χ0n) is 9.20. The minimum absolute atomic E-state index is 0. The predicted molar refractivity (Wildman–Crippen MR) is 63.6 cm³/mol. The highest BCUT2D eigenvalue weighted by atomic mass is 35.5. The molecular formula is C11H20ClNO3. The Bertz CT molecular complexity index is 243. The molecule has 4 atom stereocenters. The lowest BCUT2D eigenvalue weighted by Gasteiger charge is -2.40. The van der Waals surface area contributed by atoms with Crippen molar-refractivity contribution < 1.29 is 15.3 Å². The van der Waals surface area contributed by atoms with Gasteiger partial charge in [0.1, 0.15) is 18.3 Å². The molecule has 1 fully saturated rings. The van der Waals surface area contributed by atoms with Gasteiger partial charge in [-0.1, -0.05) is 18.6 Å². The largest absolute Gasteiger partial charge is 0.388 e. The summed E-state index contributed by atoms with van der Waals surface area (Å²) in [5.74, 6) is 0. The van der Waals surface area contributed by atoms with Crippen LogP contribution >= 0.6 is 12.4 Å². The third kappa shape index (κ3) is 2.76. The summed E-state index contributed by atoms with van der Waals surface area (Å²) in [7, 11) is 0. The second-order valence-corrected chi connectivity index (χ2v) is 4.44. The Labute approximate surface area is 102 Å². The molecule has 1 aliphatic heterocycles. The average Bonchev–Trinajstić information content (AvgIpc) is 2.27. The molecule has 94 valence electrons. The smallest absolute Gasteiger partial charge is 0.111 e. The third-order valence-electron chi connectivity index (χ3n) is 3.37. The topological polar surface area (TPSA) is 63.9 Å². The van der Waals surface area contributed by atoms with E-state index in [0.717, 1.165) is 25.9 Å². The molecule has 0 aromatic rings. The Morgan fingerprint density at radius 1 is 0.875 bits per heavy atom. The molecule has 1 aliphatic carbocycles. The standard InChI is InChI=1S/C11H19NO3.ClH/c13-9-5-4-8(10(14)11(9)15)12-6-2-1-3-7-12;/h4-5,8-11,13-15H,1-3,6-7H2;1H/t8-,9+,10+,11+;/m0./s1. The molecule has 2 aliphatic rings. The maximum absolute atomic E-state index is 9.86. The van der Waals surface area contributed by atoms with Gasteiger partial charge in [0.15, 0.2) is 0 Å². The van der Waals surface area contributed by atoms with Crippen LogP contribution in [0.15, 0.2) is 12.2 Å². The fraction of sp³-hybridized carbons (Fsp3) is 0.818. The summed E-state index contributed by atoms with van der Waals surface area (Å²) >= 11 is 0. The molecule has 3 N–H and O–H groups in total. The number of halogens is 1. The summed E-state index contributed by atoms with van der Waals surface area (Å²) in [6.07, 6.45) is 4.08. The maximum Gasteiger partial charge on any atom is 0.111 e. The van der Waals surface area contributed by atoms with Gasteiger partial charge in [-0.25, -0.2) is 0 Å². The summed E-state index contributed by atoms with van der Waals surface area (Å²) in [5, 5.41) is 28.8. The number of likely N-dealkylation sites (tertiary alicyclic amines) is 1. The molecule has 0 aromatic heterocycles. The molecule has 1 saturated heterocycles. The first-order valence-electron chi connectivity index (χ1n) is 5.67. The SMILES string of the molecule is Cl.O[C@H]1[C@H](O)[C@@H](N2CCCCC2)C=C[C@H]1O. The van der Waals surface area contributed by atoms with E-state index < -0.39 is 18.3 Å². The van der Waals surface area contributed by atoms with Gasteiger partial charge in [0, 0.05) is 0 Å². The Morgan fingerprint density at radius 2 is 1.50 bits per heavy atom. The van der Waals surface area contributed by atoms with Crippen LogP contribution in [0.3, 0.4) is 0 Å². The Balaban J connectivity index is 0.00000128. The maximum atomic E-state index is 9.86. The highest BCUT2D eigenvalue weighted by Gasteiger charge is 2.36. The summed E-state index contributed by atoms with van der Waals surface area (Å²) in [6.45, 7) is 1.93. The second kappa shape index (κ2) is 5.98. The minimum Gasteiger partial charge on any atom is -0.388 e. The zero-order chi connectivity index (χ0) is 10.8. The van der Waals surface area contributed by atoms with E-state index in [2.05, 4.69) is 4.90 Å². The molecule has 4 nitrogen and oxygen atoms in total. The predicted octanol–water partition coefficient (Wildman–Crippen LogP) is -0.0848. The van der Waals surface area contributed by atoms with E-state index in [-0.39, 0.29) is 18.4 Å². The Morgan fingerprint density at radius 3 is 2.12 bits per heavy atom. The monoisotopic (exact) mass is 249 g/mol. The molecule has 0 unspecified atom stereocenters. The summed E-state index contributed by atoms with van der Waals surface area (Å²) in [6, 6.07) is -0.135. The lowest BCUT2D eigenvalue weighted by molar-refractivity contribution is -0.0780. The van der Waals surface area contributed by atoms with E-state index in [1.807, 2.05) is 6.08 Å². The lowest BCUT2D eigenvalue weighted by atomic mass is 9.92. The van der Waals surface area contributed by atoms with Crippen molar-refractivity contribution in [3.8, 4) is 0 Å². The van der Waals surface area contributed by atoms with Gasteiger partial charge in [-0.05, 0) is 25.9 Å². The number of hydrogen-bond donors (Lipinski definition) is 3. The van der Waals surface area contributed by atoms with Crippen LogP contribution in [-0.2, 0) is 0 Å². The van der Waals surface area contributed by atoms with E-state index in [1.165, 1.54) is 6.42 Å². The van der Waals surface area contributed by atoms with Gasteiger partial charge >= 0.3 is 0 Å². The van der Waals surface area contributed by atoms with E-state index in [9.17, 15) is 15.3 Å². The first-order chi connectivity index (χ1) is 7.20. The molecular weight excluding hydrogens is 230 g/mol. The molecule has 0 saturated carbocycles. The van der Waals surface area contributed by atoms with Gasteiger partial charge in [-0.2, -0.15) is 0 Å². The van der Waals surface area contributed by atoms with Gasteiger partial charge < -0.3 is 15.3 Å². The summed E-state index contributed by atoms with van der Waals surface area (Å²) < 4.78 is 0. The van der Waals surface area contributed by atoms with Crippen molar-refractivity contribution in [2.24, 2.45) is 0 Å². The van der Waals surface area contributed by atoms with Crippen molar-refractivity contribution in [1.29, 1.82) is 0 Å². The molecule has 0 amide bonds. The van der Waals surface area contributed by atoms with Gasteiger partial charge in [0.25, 0.3) is 0 Å². The van der Waals surface area contributed by atoms with Crippen molar-refractivity contribution in [3.63, 3.8) is 0 Å². The van der Waals surface area contributed by atoms with Crippen LogP contribution in [-0.4, -0.2) is 57.7 Å². The van der Waals surface area contributed by atoms with Gasteiger partial charge in [-0.15, -0.1) is 12.4 Å². The van der Waals surface area contributed by atoms with Crippen molar-refractivity contribution in [3.05, 3.63) is 12.2 Å². The minimum atomic E-state index is -1.05. The number of aliphatic hydroxyl groups excluding tert-OH is 3. The first-order valence-corrected chi connectivity index (χ1v) is 5.67. The normalized spacial score (nSPS) is 40.4. The number of piperidine rings is 1. The number of aliphatic hydroxyl groups is 3. The number of rotatable bonds is 1. The molecule has 0 radical (unpaired) electrons. The van der Waals surface area contributed by atoms with Crippen LogP contribution < -0.4 is 0 Å². The van der Waals surface area contributed by atoms with E-state index >= 15 is 0 Å². The van der Waals surface area contributed by atoms with Gasteiger partial charge in [0.2, 0.25) is 0 Å². The first kappa shape index (κ1) is 13.9. The van der Waals surface area contributed by atoms with Gasteiger partial charge in [-0.3, -0.25) is 4.90 Å². The van der Waals surface area contributed by atoms with Crippen LogP contribution in [0.1, 0.15) is 19.3 Å². The molecule has 0 aromatic carbocycles. The van der Waals surface area contributed by atoms with E-state index in [4.69, 9.17) is 0 Å². The average molecular weight is 250 g/mol. The number of hydrogen-bond acceptors (Lipinski definition) is 4. The Hall–Kier alpha value is -0.130. The summed E-state index contributed by atoms with van der Waals surface area (Å²) in [5.41, 5.74) is 0. The Kier molecular flexibility index (Phi) is 5.21. The molecule has 1 heterocycles. The fourth-order valence-corrected chi connectivity index (χ4v) is 2.41. The second-order valence-electron chi connectivity index (χ2n) is 4.44. The fourth-order valence-electron chi connectivity index (χ4n) is 2.41. The van der Waals surface area contributed by atoms with Crippen molar-refractivity contribution in [2.75, 3.05) is 13.1 Å². The third-order valence-corrected chi connectivity index (χ3v) is 3.37. The van der Waals surface area contributed by atoms with Crippen LogP contribution in [0.25, 0.3) is 0 Å². The highest BCUT2D eigenvalue weighted by molar-refractivity contribution is 5.85. The van der Waals surface area contributed by atoms with Gasteiger partial charge in [0.05, 0.1) is 6.04 Å². The highest BCUT2D eigenvalue weighted by Crippen LogP contribution is 2.21. The van der Waals surface area contributed by atoms with Crippen molar-refractivity contribution in [1.82, 2.24) is 4.90 Å². The molecule has 5 heteroatoms. The molecule has 0 bridgehead atoms. The van der Waals surface area contributed by atoms with Crippen molar-refractivity contribution >= 4 is 12.4 Å². The zero-order valence-corrected chi connectivity index (χ0v) is 10.0. The van der Waals surface area contributed by atoms with Crippen molar-refractivity contribution in [2.45, 2.75) is 43.6 Å². The summed E-state index contributed by atoms with van der Waals surface area (Å²) in [4.78, 5) is 2.18. The molecule has 2 rings (SSSR count). The molecule has 0 spiro atoms. The quantitative estimate of drug-likeness (QED) is 0.569. The molecule has 16 heavy (non-hydrogen) atoms. The van der Waals surface area contributed by atoms with E-state index in [1.54, 1.807) is 6.08 Å². The number of nitrogens with zero attached hydrogens (tertiary/aromatic N) is 1. The van der Waals surface area contributed by atoms with Crippen LogP contribution in [0, 0.1) is 0 Å².